The first-order chi connectivity index (χ1) is 9.24. The van der Waals surface area contributed by atoms with Crippen molar-refractivity contribution in [2.75, 3.05) is 5.73 Å². The summed E-state index contributed by atoms with van der Waals surface area (Å²) in [6.07, 6.45) is 3.17. The third-order valence-electron chi connectivity index (χ3n) is 2.95. The highest BCUT2D eigenvalue weighted by atomic mass is 16.1. The summed E-state index contributed by atoms with van der Waals surface area (Å²) in [6.45, 7) is 0.242. The van der Waals surface area contributed by atoms with E-state index in [1.165, 1.54) is 6.20 Å². The molecule has 0 aliphatic heterocycles. The molecule has 0 saturated heterocycles. The summed E-state index contributed by atoms with van der Waals surface area (Å²) in [5.74, 6) is 0.389. The maximum atomic E-state index is 12.1. The number of hydrogen-bond acceptors (Lipinski definition) is 4. The van der Waals surface area contributed by atoms with E-state index in [9.17, 15) is 4.79 Å². The van der Waals surface area contributed by atoms with Gasteiger partial charge in [-0.05, 0) is 24.3 Å². The van der Waals surface area contributed by atoms with Gasteiger partial charge in [-0.3, -0.25) is 4.79 Å². The SMILES string of the molecule is Nc1ccc(C(=O)Cn2cnc3ccccc32)cn1. The highest BCUT2D eigenvalue weighted by Crippen LogP contribution is 2.13. The summed E-state index contributed by atoms with van der Waals surface area (Å²) in [7, 11) is 0. The van der Waals surface area contributed by atoms with Crippen molar-refractivity contribution in [1.82, 2.24) is 14.5 Å². The van der Waals surface area contributed by atoms with Crippen LogP contribution in [0.4, 0.5) is 5.82 Å². The van der Waals surface area contributed by atoms with Crippen LogP contribution in [0.1, 0.15) is 10.4 Å². The number of anilines is 1. The van der Waals surface area contributed by atoms with Crippen LogP contribution in [0.25, 0.3) is 11.0 Å². The fraction of sp³-hybridized carbons (Fsp3) is 0.0714. The van der Waals surface area contributed by atoms with Crippen molar-refractivity contribution in [2.45, 2.75) is 6.54 Å². The van der Waals surface area contributed by atoms with E-state index in [4.69, 9.17) is 5.73 Å². The maximum Gasteiger partial charge on any atom is 0.184 e. The van der Waals surface area contributed by atoms with Gasteiger partial charge in [0.25, 0.3) is 0 Å². The number of nitrogens with zero attached hydrogens (tertiary/aromatic N) is 3. The third kappa shape index (κ3) is 2.18. The Labute approximate surface area is 109 Å². The Morgan fingerprint density at radius 3 is 2.79 bits per heavy atom. The van der Waals surface area contributed by atoms with Crippen molar-refractivity contribution >= 4 is 22.6 Å². The maximum absolute atomic E-state index is 12.1. The molecule has 3 aromatic rings. The summed E-state index contributed by atoms with van der Waals surface area (Å²) in [6, 6.07) is 11.0. The van der Waals surface area contributed by atoms with Gasteiger partial charge in [-0.15, -0.1) is 0 Å². The zero-order valence-corrected chi connectivity index (χ0v) is 10.2. The second-order valence-corrected chi connectivity index (χ2v) is 4.26. The minimum Gasteiger partial charge on any atom is -0.384 e. The van der Waals surface area contributed by atoms with Crippen LogP contribution in [-0.4, -0.2) is 20.3 Å². The quantitative estimate of drug-likeness (QED) is 0.722. The number of para-hydroxylation sites is 2. The molecule has 5 nitrogen and oxygen atoms in total. The predicted octanol–water partition coefficient (Wildman–Crippen LogP) is 1.90. The Bertz CT molecular complexity index is 731. The van der Waals surface area contributed by atoms with E-state index in [0.29, 0.717) is 11.4 Å². The molecular weight excluding hydrogens is 240 g/mol. The average Bonchev–Trinajstić information content (AvgIpc) is 2.83. The molecule has 0 atom stereocenters. The van der Waals surface area contributed by atoms with Crippen molar-refractivity contribution in [2.24, 2.45) is 0 Å². The van der Waals surface area contributed by atoms with Crippen molar-refractivity contribution in [3.05, 3.63) is 54.5 Å². The number of rotatable bonds is 3. The molecule has 5 heteroatoms. The molecule has 0 saturated carbocycles. The molecule has 94 valence electrons. The van der Waals surface area contributed by atoms with Gasteiger partial charge < -0.3 is 10.3 Å². The van der Waals surface area contributed by atoms with Crippen molar-refractivity contribution in [1.29, 1.82) is 0 Å². The molecule has 0 unspecified atom stereocenters. The monoisotopic (exact) mass is 252 g/mol. The fourth-order valence-corrected chi connectivity index (χ4v) is 1.95. The van der Waals surface area contributed by atoms with Crippen LogP contribution in [0, 0.1) is 0 Å². The molecular formula is C14H12N4O. The van der Waals surface area contributed by atoms with Crippen molar-refractivity contribution in [3.8, 4) is 0 Å². The second-order valence-electron chi connectivity index (χ2n) is 4.26. The highest BCUT2D eigenvalue weighted by Gasteiger charge is 2.09. The van der Waals surface area contributed by atoms with Gasteiger partial charge in [-0.2, -0.15) is 0 Å². The zero-order chi connectivity index (χ0) is 13.2. The second kappa shape index (κ2) is 4.53. The molecule has 0 aliphatic rings. The van der Waals surface area contributed by atoms with Gasteiger partial charge in [0.2, 0.25) is 0 Å². The number of Topliss-reactive ketones (excluding diaryl/α,β-unsaturated/α-hetero) is 1. The number of hydrogen-bond donors (Lipinski definition) is 1. The number of carbonyl (C=O) groups is 1. The van der Waals surface area contributed by atoms with Gasteiger partial charge in [-0.1, -0.05) is 12.1 Å². The largest absolute Gasteiger partial charge is 0.384 e. The number of carbonyl (C=O) groups excluding carboxylic acids is 1. The smallest absolute Gasteiger partial charge is 0.184 e. The summed E-state index contributed by atoms with van der Waals surface area (Å²) < 4.78 is 1.83. The van der Waals surface area contributed by atoms with E-state index >= 15 is 0 Å². The predicted molar refractivity (Wildman–Crippen MR) is 72.7 cm³/mol. The van der Waals surface area contributed by atoms with Gasteiger partial charge in [0.05, 0.1) is 23.9 Å². The molecule has 2 N–H and O–H groups in total. The summed E-state index contributed by atoms with van der Waals surface area (Å²) >= 11 is 0. The summed E-state index contributed by atoms with van der Waals surface area (Å²) in [4.78, 5) is 20.3. The van der Waals surface area contributed by atoms with Crippen LogP contribution in [0.15, 0.2) is 48.9 Å². The lowest BCUT2D eigenvalue weighted by Crippen LogP contribution is -2.10. The average molecular weight is 252 g/mol. The number of pyridine rings is 1. The van der Waals surface area contributed by atoms with Gasteiger partial charge >= 0.3 is 0 Å². The van der Waals surface area contributed by atoms with Crippen LogP contribution in [0.2, 0.25) is 0 Å². The first-order valence-corrected chi connectivity index (χ1v) is 5.88. The molecule has 2 heterocycles. The molecule has 2 aromatic heterocycles. The molecule has 19 heavy (non-hydrogen) atoms. The van der Waals surface area contributed by atoms with Crippen LogP contribution in [0.5, 0.6) is 0 Å². The topological polar surface area (TPSA) is 73.8 Å². The van der Waals surface area contributed by atoms with E-state index in [1.54, 1.807) is 18.5 Å². The zero-order valence-electron chi connectivity index (χ0n) is 10.2. The molecule has 0 aliphatic carbocycles. The number of nitrogen functional groups attached to an aromatic ring is 1. The van der Waals surface area contributed by atoms with Gasteiger partial charge in [0.15, 0.2) is 5.78 Å². The summed E-state index contributed by atoms with van der Waals surface area (Å²) in [5.41, 5.74) is 7.87. The number of aromatic nitrogens is 3. The van der Waals surface area contributed by atoms with E-state index in [0.717, 1.165) is 11.0 Å². The number of benzene rings is 1. The standard InChI is InChI=1S/C14H12N4O/c15-14-6-5-10(7-16-14)13(19)8-18-9-17-11-3-1-2-4-12(11)18/h1-7,9H,8H2,(H2,15,16). The third-order valence-corrected chi connectivity index (χ3v) is 2.95. The van der Waals surface area contributed by atoms with Gasteiger partial charge in [0, 0.05) is 11.8 Å². The van der Waals surface area contributed by atoms with Gasteiger partial charge in [0.1, 0.15) is 5.82 Å². The lowest BCUT2D eigenvalue weighted by molar-refractivity contribution is 0.0973. The Morgan fingerprint density at radius 1 is 1.16 bits per heavy atom. The first-order valence-electron chi connectivity index (χ1n) is 5.88. The highest BCUT2D eigenvalue weighted by molar-refractivity contribution is 5.96. The normalized spacial score (nSPS) is 10.7. The lowest BCUT2D eigenvalue weighted by atomic mass is 10.2. The number of ketones is 1. The van der Waals surface area contributed by atoms with Crippen molar-refractivity contribution in [3.63, 3.8) is 0 Å². The molecule has 0 radical (unpaired) electrons. The van der Waals surface area contributed by atoms with Crippen LogP contribution >= 0.6 is 0 Å². The minimum atomic E-state index is -0.0179. The molecule has 0 bridgehead atoms. The van der Waals surface area contributed by atoms with E-state index in [-0.39, 0.29) is 12.3 Å². The molecule has 0 amide bonds. The lowest BCUT2D eigenvalue weighted by Gasteiger charge is -2.03. The molecule has 3 rings (SSSR count). The van der Waals surface area contributed by atoms with Crippen LogP contribution in [0.3, 0.4) is 0 Å². The van der Waals surface area contributed by atoms with E-state index < -0.39 is 0 Å². The fourth-order valence-electron chi connectivity index (χ4n) is 1.95. The van der Waals surface area contributed by atoms with Crippen LogP contribution < -0.4 is 5.73 Å². The van der Waals surface area contributed by atoms with Gasteiger partial charge in [-0.25, -0.2) is 9.97 Å². The first kappa shape index (κ1) is 11.4. The number of fused-ring (bicyclic) bond motifs is 1. The Hall–Kier alpha value is -2.69. The molecule has 1 aromatic carbocycles. The Morgan fingerprint density at radius 2 is 2.00 bits per heavy atom. The van der Waals surface area contributed by atoms with E-state index in [2.05, 4.69) is 9.97 Å². The van der Waals surface area contributed by atoms with E-state index in [1.807, 2.05) is 28.8 Å². The number of imidazole rings is 1. The molecule has 0 spiro atoms. The minimum absolute atomic E-state index is 0.0179. The molecule has 0 fully saturated rings. The Kier molecular flexibility index (Phi) is 2.72. The summed E-state index contributed by atoms with van der Waals surface area (Å²) in [5, 5.41) is 0. The van der Waals surface area contributed by atoms with Crippen LogP contribution in [-0.2, 0) is 6.54 Å². The van der Waals surface area contributed by atoms with Crippen molar-refractivity contribution < 1.29 is 4.79 Å². The number of nitrogens with two attached hydrogens (primary N) is 1. The Balaban J connectivity index is 1.89.